The summed E-state index contributed by atoms with van der Waals surface area (Å²) in [6.45, 7) is 6.15. The number of ketones is 2. The van der Waals surface area contributed by atoms with E-state index in [1.54, 1.807) is 6.92 Å². The van der Waals surface area contributed by atoms with Gasteiger partial charge in [-0.2, -0.15) is 0 Å². The number of hydrogen-bond donors (Lipinski definition) is 3. The zero-order valence-electron chi connectivity index (χ0n) is 28.3. The van der Waals surface area contributed by atoms with Crippen molar-refractivity contribution in [1.82, 2.24) is 20.0 Å². The molecule has 6 atom stereocenters. The second kappa shape index (κ2) is 17.6. The largest absolute Gasteiger partial charge is 0.412 e. The maximum atomic E-state index is 13.5. The van der Waals surface area contributed by atoms with Crippen molar-refractivity contribution in [3.8, 4) is 0 Å². The number of nitrogens with zero attached hydrogens (tertiary/aromatic N) is 3. The number of nitrogens with one attached hydrogen (secondary N) is 1. The molecule has 3 heterocycles. The molecule has 0 aromatic heterocycles. The molecule has 48 heavy (non-hydrogen) atoms. The number of hydrogen-bond acceptors (Lipinski definition) is 14. The van der Waals surface area contributed by atoms with E-state index in [0.717, 1.165) is 0 Å². The van der Waals surface area contributed by atoms with Crippen molar-refractivity contribution in [1.29, 1.82) is 0 Å². The Bertz CT molecular complexity index is 1140. The summed E-state index contributed by atoms with van der Waals surface area (Å²) in [5.74, 6) is -4.79. The highest BCUT2D eigenvalue weighted by molar-refractivity contribution is 5.93. The van der Waals surface area contributed by atoms with Crippen LogP contribution in [0.3, 0.4) is 0 Å². The quantitative estimate of drug-likeness (QED) is 0.201. The van der Waals surface area contributed by atoms with E-state index in [2.05, 4.69) is 5.32 Å². The standard InChI is InChI=1S/C33H52N4O11/c1-20(2)26(31(43)34-21(3)30(42)24-5-4-6-25(24)32(44)45)16-23(38)17-37-13-11-35-9-7-22-8-10-36(12-14-37)19-29(41)48-33(46-27(39)15-22)47-28(40)18-35/h20-22,24-26,32-33,44-45H,4-19H2,1-3H3,(H,34,43)/t21-,22?,24?,25-,26+,33?/m1/s1. The molecule has 270 valence electrons. The molecule has 15 nitrogen and oxygen atoms in total. The van der Waals surface area contributed by atoms with Gasteiger partial charge in [0.15, 0.2) is 12.1 Å². The Balaban J connectivity index is 1.42. The van der Waals surface area contributed by atoms with Crippen LogP contribution in [0.2, 0.25) is 0 Å². The maximum Gasteiger partial charge on any atom is 0.412 e. The van der Waals surface area contributed by atoms with E-state index >= 15 is 0 Å². The number of carbonyl (C=O) groups excluding carboxylic acids is 6. The predicted molar refractivity (Wildman–Crippen MR) is 168 cm³/mol. The van der Waals surface area contributed by atoms with Crippen LogP contribution in [0.4, 0.5) is 0 Å². The molecule has 3 unspecified atom stereocenters. The summed E-state index contributed by atoms with van der Waals surface area (Å²) in [4.78, 5) is 83.8. The molecule has 1 aliphatic carbocycles. The summed E-state index contributed by atoms with van der Waals surface area (Å²) < 4.78 is 15.6. The van der Waals surface area contributed by atoms with E-state index < -0.39 is 60.4 Å². The summed E-state index contributed by atoms with van der Waals surface area (Å²) >= 11 is 0. The summed E-state index contributed by atoms with van der Waals surface area (Å²) in [6.07, 6.45) is 1.52. The fourth-order valence-corrected chi connectivity index (χ4v) is 7.17. The van der Waals surface area contributed by atoms with Gasteiger partial charge in [0.25, 0.3) is 0 Å². The molecule has 0 aromatic carbocycles. The van der Waals surface area contributed by atoms with Gasteiger partial charge in [-0.15, -0.1) is 0 Å². The van der Waals surface area contributed by atoms with Gasteiger partial charge in [-0.05, 0) is 57.5 Å². The van der Waals surface area contributed by atoms with E-state index in [1.165, 1.54) is 0 Å². The number of Topliss-reactive ketones (excluding diaryl/α,β-unsaturated/α-hetero) is 2. The molecule has 3 saturated heterocycles. The average molecular weight is 681 g/mol. The molecule has 0 spiro atoms. The van der Waals surface area contributed by atoms with Crippen LogP contribution in [-0.2, 0) is 43.0 Å². The Kier molecular flexibility index (Phi) is 13.9. The third-order valence-electron chi connectivity index (χ3n) is 10.1. The molecule has 1 saturated carbocycles. The summed E-state index contributed by atoms with van der Waals surface area (Å²) in [6, 6.07) is -0.834. The number of carbonyl (C=O) groups is 6. The third-order valence-corrected chi connectivity index (χ3v) is 10.1. The van der Waals surface area contributed by atoms with E-state index in [0.29, 0.717) is 71.4 Å². The first-order chi connectivity index (χ1) is 22.8. The van der Waals surface area contributed by atoms with Gasteiger partial charge in [-0.1, -0.05) is 20.3 Å². The zero-order valence-corrected chi connectivity index (χ0v) is 28.3. The van der Waals surface area contributed by atoms with E-state index in [9.17, 15) is 39.0 Å². The molecule has 4 aliphatic rings. The number of fused-ring (bicyclic) bond motifs is 7. The highest BCUT2D eigenvalue weighted by atomic mass is 16.9. The van der Waals surface area contributed by atoms with Crippen LogP contribution in [0.15, 0.2) is 0 Å². The fourth-order valence-electron chi connectivity index (χ4n) is 7.17. The minimum atomic E-state index is -1.74. The van der Waals surface area contributed by atoms with Crippen molar-refractivity contribution >= 4 is 35.4 Å². The van der Waals surface area contributed by atoms with Crippen LogP contribution in [0, 0.1) is 29.6 Å². The van der Waals surface area contributed by atoms with Gasteiger partial charge in [-0.25, -0.2) is 0 Å². The molecular weight excluding hydrogens is 628 g/mol. The number of amides is 1. The second-order valence-electron chi connectivity index (χ2n) is 14.1. The minimum absolute atomic E-state index is 0.0281. The molecular formula is C33H52N4O11. The molecule has 4 fully saturated rings. The predicted octanol–water partition coefficient (Wildman–Crippen LogP) is -0.335. The number of ether oxygens (including phenoxy) is 3. The minimum Gasteiger partial charge on any atom is -0.390 e. The molecule has 1 amide bonds. The molecule has 15 heteroatoms. The Hall–Kier alpha value is -2.98. The first kappa shape index (κ1) is 37.8. The first-order valence-corrected chi connectivity index (χ1v) is 17.3. The van der Waals surface area contributed by atoms with Crippen LogP contribution in [-0.4, -0.2) is 138 Å². The van der Waals surface area contributed by atoms with Gasteiger partial charge in [0.05, 0.1) is 25.7 Å². The lowest BCUT2D eigenvalue weighted by Crippen LogP contribution is -2.48. The average Bonchev–Trinajstić information content (AvgIpc) is 3.49. The summed E-state index contributed by atoms with van der Waals surface area (Å²) in [5, 5.41) is 22.2. The lowest BCUT2D eigenvalue weighted by atomic mass is 9.87. The van der Waals surface area contributed by atoms with Gasteiger partial charge < -0.3 is 29.7 Å². The molecule has 0 radical (unpaired) electrons. The SMILES string of the molecule is CC(C)[C@H](CC(=O)CN1CCN2CCC3CCN(CC1)CC(=O)OC(OC(=O)C3)OC(=O)C2)C(=O)N[C@H](C)C(=O)C1CCC[C@H]1C(O)O. The number of aliphatic hydroxyl groups excluding tert-OH is 1. The highest BCUT2D eigenvalue weighted by Crippen LogP contribution is 2.35. The molecule has 4 bridgehead atoms. The van der Waals surface area contributed by atoms with Crippen molar-refractivity contribution in [2.24, 2.45) is 29.6 Å². The number of rotatable bonds is 10. The van der Waals surface area contributed by atoms with Gasteiger partial charge in [0, 0.05) is 56.8 Å². The topological polar surface area (TPSA) is 192 Å². The van der Waals surface area contributed by atoms with E-state index in [-0.39, 0.29) is 55.9 Å². The van der Waals surface area contributed by atoms with Gasteiger partial charge in [-0.3, -0.25) is 43.5 Å². The van der Waals surface area contributed by atoms with Crippen LogP contribution in [0.1, 0.15) is 65.7 Å². The van der Waals surface area contributed by atoms with Crippen LogP contribution < -0.4 is 5.32 Å². The first-order valence-electron chi connectivity index (χ1n) is 17.3. The van der Waals surface area contributed by atoms with Crippen LogP contribution in [0.25, 0.3) is 0 Å². The number of esters is 3. The molecule has 0 aromatic rings. The van der Waals surface area contributed by atoms with Crippen molar-refractivity contribution in [3.63, 3.8) is 0 Å². The van der Waals surface area contributed by atoms with E-state index in [1.807, 2.05) is 28.5 Å². The zero-order chi connectivity index (χ0) is 35.0. The van der Waals surface area contributed by atoms with Crippen LogP contribution >= 0.6 is 0 Å². The summed E-state index contributed by atoms with van der Waals surface area (Å²) in [5.41, 5.74) is 0. The Labute approximate surface area is 281 Å². The lowest BCUT2D eigenvalue weighted by molar-refractivity contribution is -0.258. The van der Waals surface area contributed by atoms with Crippen LogP contribution in [0.5, 0.6) is 0 Å². The molecule has 4 rings (SSSR count). The second-order valence-corrected chi connectivity index (χ2v) is 14.1. The van der Waals surface area contributed by atoms with E-state index in [4.69, 9.17) is 14.2 Å². The van der Waals surface area contributed by atoms with Crippen molar-refractivity contribution in [2.75, 3.05) is 58.9 Å². The molecule has 3 N–H and O–H groups in total. The smallest absolute Gasteiger partial charge is 0.390 e. The molecule has 3 aliphatic heterocycles. The third kappa shape index (κ3) is 11.0. The van der Waals surface area contributed by atoms with Gasteiger partial charge in [0.2, 0.25) is 5.91 Å². The Morgan fingerprint density at radius 3 is 1.96 bits per heavy atom. The Morgan fingerprint density at radius 2 is 1.40 bits per heavy atom. The Morgan fingerprint density at radius 1 is 0.812 bits per heavy atom. The lowest BCUT2D eigenvalue weighted by Gasteiger charge is -2.32. The van der Waals surface area contributed by atoms with Crippen molar-refractivity contribution in [3.05, 3.63) is 0 Å². The van der Waals surface area contributed by atoms with Gasteiger partial charge in [0.1, 0.15) is 5.78 Å². The fraction of sp³-hybridized carbons (Fsp3) is 0.818. The maximum absolute atomic E-state index is 13.5. The highest BCUT2D eigenvalue weighted by Gasteiger charge is 2.39. The van der Waals surface area contributed by atoms with Gasteiger partial charge >= 0.3 is 24.4 Å². The summed E-state index contributed by atoms with van der Waals surface area (Å²) in [7, 11) is 0. The monoisotopic (exact) mass is 680 g/mol. The normalized spacial score (nSPS) is 30.6. The van der Waals surface area contributed by atoms with Crippen molar-refractivity contribution in [2.45, 2.75) is 84.5 Å². The van der Waals surface area contributed by atoms with Crippen molar-refractivity contribution < 1.29 is 53.2 Å². The number of aliphatic hydroxyl groups is 2.